The van der Waals surface area contributed by atoms with Crippen molar-refractivity contribution in [3.05, 3.63) is 35.1 Å². The van der Waals surface area contributed by atoms with E-state index in [9.17, 15) is 4.79 Å². The van der Waals surface area contributed by atoms with Crippen LogP contribution in [-0.2, 0) is 0 Å². The highest BCUT2D eigenvalue weighted by molar-refractivity contribution is 5.99. The smallest absolute Gasteiger partial charge is 0.289 e. The summed E-state index contributed by atoms with van der Waals surface area (Å²) < 4.78 is 5.93. The maximum atomic E-state index is 13.0. The van der Waals surface area contributed by atoms with E-state index < -0.39 is 0 Å². The second kappa shape index (κ2) is 6.25. The van der Waals surface area contributed by atoms with Gasteiger partial charge in [-0.25, -0.2) is 0 Å². The molecule has 1 aromatic heterocycles. The van der Waals surface area contributed by atoms with Crippen molar-refractivity contribution in [3.8, 4) is 0 Å². The Kier molecular flexibility index (Phi) is 4.09. The molecule has 2 aliphatic rings. The zero-order chi connectivity index (χ0) is 16.7. The van der Waals surface area contributed by atoms with E-state index in [4.69, 9.17) is 4.42 Å². The minimum absolute atomic E-state index is 0.0506. The van der Waals surface area contributed by atoms with Crippen molar-refractivity contribution >= 4 is 16.9 Å². The van der Waals surface area contributed by atoms with Gasteiger partial charge in [-0.3, -0.25) is 4.79 Å². The van der Waals surface area contributed by atoms with Gasteiger partial charge in [0.1, 0.15) is 5.58 Å². The lowest BCUT2D eigenvalue weighted by atomic mass is 10.1. The molecule has 1 aromatic carbocycles. The van der Waals surface area contributed by atoms with Crippen LogP contribution in [0.1, 0.15) is 40.9 Å². The summed E-state index contributed by atoms with van der Waals surface area (Å²) in [4.78, 5) is 17.5. The molecule has 4 rings (SSSR count). The zero-order valence-electron chi connectivity index (χ0n) is 14.7. The Bertz CT molecular complexity index is 760. The van der Waals surface area contributed by atoms with E-state index in [0.717, 1.165) is 60.6 Å². The third-order valence-electron chi connectivity index (χ3n) is 5.38. The van der Waals surface area contributed by atoms with E-state index in [1.165, 1.54) is 19.4 Å². The van der Waals surface area contributed by atoms with Gasteiger partial charge in [-0.15, -0.1) is 0 Å². The SMILES string of the molecule is Cc1ccc2c(C)c(C(=O)N3CCCN(CC4CC4)CC3)oc2c1. The van der Waals surface area contributed by atoms with Crippen LogP contribution in [0.15, 0.2) is 22.6 Å². The molecule has 2 aromatic rings. The van der Waals surface area contributed by atoms with Gasteiger partial charge in [0, 0.05) is 37.1 Å². The summed E-state index contributed by atoms with van der Waals surface area (Å²) in [5.74, 6) is 1.48. The fourth-order valence-corrected chi connectivity index (χ4v) is 3.70. The third kappa shape index (κ3) is 3.07. The first kappa shape index (κ1) is 15.7. The molecule has 128 valence electrons. The minimum Gasteiger partial charge on any atom is -0.451 e. The van der Waals surface area contributed by atoms with Crippen LogP contribution in [0.25, 0.3) is 11.0 Å². The van der Waals surface area contributed by atoms with E-state index in [-0.39, 0.29) is 5.91 Å². The maximum absolute atomic E-state index is 13.0. The van der Waals surface area contributed by atoms with Crippen molar-refractivity contribution in [2.45, 2.75) is 33.1 Å². The molecule has 0 unspecified atom stereocenters. The summed E-state index contributed by atoms with van der Waals surface area (Å²) >= 11 is 0. The molecule has 1 saturated heterocycles. The molecule has 2 fully saturated rings. The number of hydrogen-bond acceptors (Lipinski definition) is 3. The van der Waals surface area contributed by atoms with Crippen LogP contribution in [0.4, 0.5) is 0 Å². The molecule has 2 heterocycles. The number of furan rings is 1. The normalized spacial score (nSPS) is 19.7. The average molecular weight is 326 g/mol. The van der Waals surface area contributed by atoms with Crippen molar-refractivity contribution in [1.29, 1.82) is 0 Å². The third-order valence-corrected chi connectivity index (χ3v) is 5.38. The van der Waals surface area contributed by atoms with E-state index in [1.807, 2.05) is 24.8 Å². The van der Waals surface area contributed by atoms with Crippen molar-refractivity contribution in [2.24, 2.45) is 5.92 Å². The maximum Gasteiger partial charge on any atom is 0.289 e. The van der Waals surface area contributed by atoms with Gasteiger partial charge in [-0.1, -0.05) is 12.1 Å². The van der Waals surface area contributed by atoms with Crippen LogP contribution in [0, 0.1) is 19.8 Å². The summed E-state index contributed by atoms with van der Waals surface area (Å²) in [6.07, 6.45) is 3.82. The van der Waals surface area contributed by atoms with E-state index in [1.54, 1.807) is 0 Å². The molecule has 4 nitrogen and oxygen atoms in total. The first-order valence-corrected chi connectivity index (χ1v) is 9.13. The molecule has 0 spiro atoms. The summed E-state index contributed by atoms with van der Waals surface area (Å²) in [5, 5.41) is 1.05. The summed E-state index contributed by atoms with van der Waals surface area (Å²) in [5.41, 5.74) is 2.94. The Morgan fingerprint density at radius 2 is 2.00 bits per heavy atom. The van der Waals surface area contributed by atoms with Crippen LogP contribution in [0.2, 0.25) is 0 Å². The topological polar surface area (TPSA) is 36.7 Å². The van der Waals surface area contributed by atoms with Crippen LogP contribution in [-0.4, -0.2) is 48.4 Å². The highest BCUT2D eigenvalue weighted by Crippen LogP contribution is 2.30. The Morgan fingerprint density at radius 3 is 2.79 bits per heavy atom. The van der Waals surface area contributed by atoms with Crippen molar-refractivity contribution in [1.82, 2.24) is 9.80 Å². The number of rotatable bonds is 3. The Morgan fingerprint density at radius 1 is 1.17 bits per heavy atom. The van der Waals surface area contributed by atoms with Gasteiger partial charge < -0.3 is 14.2 Å². The van der Waals surface area contributed by atoms with E-state index in [0.29, 0.717) is 5.76 Å². The van der Waals surface area contributed by atoms with E-state index >= 15 is 0 Å². The van der Waals surface area contributed by atoms with Crippen LogP contribution in [0.5, 0.6) is 0 Å². The lowest BCUT2D eigenvalue weighted by molar-refractivity contribution is 0.0730. The average Bonchev–Trinajstić information content (AvgIpc) is 3.35. The lowest BCUT2D eigenvalue weighted by Crippen LogP contribution is -2.35. The van der Waals surface area contributed by atoms with Crippen LogP contribution < -0.4 is 0 Å². The fourth-order valence-electron chi connectivity index (χ4n) is 3.70. The minimum atomic E-state index is 0.0506. The summed E-state index contributed by atoms with van der Waals surface area (Å²) in [6, 6.07) is 6.14. The van der Waals surface area contributed by atoms with Gasteiger partial charge in [0.15, 0.2) is 5.76 Å². The molecule has 1 amide bonds. The number of carbonyl (C=O) groups is 1. The Hall–Kier alpha value is -1.81. The van der Waals surface area contributed by atoms with Gasteiger partial charge in [0.2, 0.25) is 0 Å². The first-order valence-electron chi connectivity index (χ1n) is 9.13. The standard InChI is InChI=1S/C20H26N2O2/c1-14-4-7-17-15(2)19(24-18(17)12-14)20(23)22-9-3-8-21(10-11-22)13-16-5-6-16/h4,7,12,16H,3,5-6,8-11,13H2,1-2H3. The Balaban J connectivity index is 1.51. The summed E-state index contributed by atoms with van der Waals surface area (Å²) in [6.45, 7) is 8.98. The number of hydrogen-bond donors (Lipinski definition) is 0. The number of carbonyl (C=O) groups excluding carboxylic acids is 1. The number of amides is 1. The van der Waals surface area contributed by atoms with Crippen molar-refractivity contribution in [2.75, 3.05) is 32.7 Å². The molecule has 0 N–H and O–H groups in total. The molecular formula is C20H26N2O2. The number of benzene rings is 1. The monoisotopic (exact) mass is 326 g/mol. The molecule has 1 aliphatic heterocycles. The predicted molar refractivity (Wildman–Crippen MR) is 95.4 cm³/mol. The zero-order valence-corrected chi connectivity index (χ0v) is 14.7. The van der Waals surface area contributed by atoms with Gasteiger partial charge in [0.25, 0.3) is 5.91 Å². The fraction of sp³-hybridized carbons (Fsp3) is 0.550. The Labute approximate surface area is 143 Å². The molecule has 1 saturated carbocycles. The van der Waals surface area contributed by atoms with Crippen molar-refractivity contribution < 1.29 is 9.21 Å². The molecule has 4 heteroatoms. The van der Waals surface area contributed by atoms with Gasteiger partial charge in [0.05, 0.1) is 0 Å². The van der Waals surface area contributed by atoms with E-state index in [2.05, 4.69) is 17.0 Å². The highest BCUT2D eigenvalue weighted by Gasteiger charge is 2.28. The molecule has 24 heavy (non-hydrogen) atoms. The molecular weight excluding hydrogens is 300 g/mol. The molecule has 0 atom stereocenters. The quantitative estimate of drug-likeness (QED) is 0.864. The van der Waals surface area contributed by atoms with Crippen LogP contribution in [0.3, 0.4) is 0 Å². The van der Waals surface area contributed by atoms with Crippen molar-refractivity contribution in [3.63, 3.8) is 0 Å². The second-order valence-electron chi connectivity index (χ2n) is 7.45. The van der Waals surface area contributed by atoms with Gasteiger partial charge in [-0.05, 0) is 57.2 Å². The lowest BCUT2D eigenvalue weighted by Gasteiger charge is -2.21. The summed E-state index contributed by atoms with van der Waals surface area (Å²) in [7, 11) is 0. The van der Waals surface area contributed by atoms with Crippen LogP contribution >= 0.6 is 0 Å². The first-order chi connectivity index (χ1) is 11.6. The number of aryl methyl sites for hydroxylation is 2. The molecule has 0 radical (unpaired) electrons. The number of fused-ring (bicyclic) bond motifs is 1. The predicted octanol–water partition coefficient (Wildman–Crippen LogP) is 3.61. The highest BCUT2D eigenvalue weighted by atomic mass is 16.3. The second-order valence-corrected chi connectivity index (χ2v) is 7.45. The van der Waals surface area contributed by atoms with Gasteiger partial charge >= 0.3 is 0 Å². The molecule has 0 bridgehead atoms. The molecule has 1 aliphatic carbocycles. The number of nitrogens with zero attached hydrogens (tertiary/aromatic N) is 2. The largest absolute Gasteiger partial charge is 0.451 e. The van der Waals surface area contributed by atoms with Gasteiger partial charge in [-0.2, -0.15) is 0 Å².